The number of nitrogens with one attached hydrogen (secondary N) is 1. The van der Waals surface area contributed by atoms with Gasteiger partial charge in [0.15, 0.2) is 0 Å². The van der Waals surface area contributed by atoms with E-state index in [1.54, 1.807) is 20.8 Å². The molecule has 1 aliphatic carbocycles. The van der Waals surface area contributed by atoms with Gasteiger partial charge in [-0.2, -0.15) is 17.0 Å². The molecule has 0 spiro atoms. The van der Waals surface area contributed by atoms with Crippen LogP contribution >= 0.6 is 11.8 Å². The normalized spacial score (nSPS) is 17.4. The molecule has 0 aromatic rings. The number of aliphatic carboxylic acids is 1. The van der Waals surface area contributed by atoms with E-state index in [0.717, 1.165) is 18.6 Å². The first-order valence-electron chi connectivity index (χ1n) is 6.84. The molecule has 0 aromatic carbocycles. The van der Waals surface area contributed by atoms with Crippen LogP contribution in [0, 0.1) is 16.7 Å². The van der Waals surface area contributed by atoms with Crippen LogP contribution in [-0.2, 0) is 9.53 Å². The molecule has 7 heteroatoms. The van der Waals surface area contributed by atoms with Crippen molar-refractivity contribution in [3.8, 4) is 6.07 Å². The Hall–Kier alpha value is -1.42. The lowest BCUT2D eigenvalue weighted by molar-refractivity contribution is -0.138. The third kappa shape index (κ3) is 6.71. The van der Waals surface area contributed by atoms with Crippen molar-refractivity contribution in [1.29, 1.82) is 5.26 Å². The highest BCUT2D eigenvalue weighted by molar-refractivity contribution is 7.99. The predicted molar refractivity (Wildman–Crippen MR) is 80.0 cm³/mol. The Morgan fingerprint density at radius 2 is 2.10 bits per heavy atom. The summed E-state index contributed by atoms with van der Waals surface area (Å²) in [5, 5.41) is 20.2. The molecular formula is C14H22N2O4S. The van der Waals surface area contributed by atoms with Crippen LogP contribution in [0.5, 0.6) is 0 Å². The van der Waals surface area contributed by atoms with Crippen molar-refractivity contribution in [1.82, 2.24) is 5.32 Å². The van der Waals surface area contributed by atoms with Crippen LogP contribution < -0.4 is 5.32 Å². The van der Waals surface area contributed by atoms with Crippen molar-refractivity contribution in [3.63, 3.8) is 0 Å². The van der Waals surface area contributed by atoms with E-state index < -0.39 is 23.7 Å². The quantitative estimate of drug-likeness (QED) is 0.748. The number of carboxylic acids is 1. The van der Waals surface area contributed by atoms with Gasteiger partial charge in [0.25, 0.3) is 0 Å². The number of rotatable bonds is 7. The summed E-state index contributed by atoms with van der Waals surface area (Å²) in [5.41, 5.74) is -0.598. The minimum atomic E-state index is -1.08. The SMILES string of the molecule is CC(C)(C)OC(=O)NC(CSCC1(CC#N)CC1)C(=O)O. The van der Waals surface area contributed by atoms with Crippen molar-refractivity contribution >= 4 is 23.8 Å². The number of alkyl carbamates (subject to hydrolysis) is 1. The first kappa shape index (κ1) is 17.6. The number of nitrogens with zero attached hydrogens (tertiary/aromatic N) is 1. The largest absolute Gasteiger partial charge is 0.480 e. The third-order valence-electron chi connectivity index (χ3n) is 3.09. The lowest BCUT2D eigenvalue weighted by atomic mass is 10.1. The van der Waals surface area contributed by atoms with Crippen LogP contribution in [0.25, 0.3) is 0 Å². The fourth-order valence-corrected chi connectivity index (χ4v) is 3.14. The van der Waals surface area contributed by atoms with E-state index in [9.17, 15) is 9.59 Å². The highest BCUT2D eigenvalue weighted by Crippen LogP contribution is 2.50. The van der Waals surface area contributed by atoms with Gasteiger partial charge in [0.2, 0.25) is 0 Å². The fraction of sp³-hybridized carbons (Fsp3) is 0.786. The topological polar surface area (TPSA) is 99.4 Å². The average Bonchev–Trinajstić information content (AvgIpc) is 3.05. The summed E-state index contributed by atoms with van der Waals surface area (Å²) < 4.78 is 5.05. The Labute approximate surface area is 129 Å². The van der Waals surface area contributed by atoms with Crippen LogP contribution in [0.1, 0.15) is 40.0 Å². The number of hydrogen-bond acceptors (Lipinski definition) is 5. The number of carboxylic acid groups (broad SMARTS) is 1. The summed E-state index contributed by atoms with van der Waals surface area (Å²) in [6.07, 6.45) is 1.82. The number of nitriles is 1. The van der Waals surface area contributed by atoms with Crippen LogP contribution in [0.4, 0.5) is 4.79 Å². The molecule has 1 atom stereocenters. The number of amides is 1. The van der Waals surface area contributed by atoms with Crippen LogP contribution in [0.3, 0.4) is 0 Å². The fourth-order valence-electron chi connectivity index (χ4n) is 1.73. The van der Waals surface area contributed by atoms with Crippen molar-refractivity contribution in [2.45, 2.75) is 51.7 Å². The van der Waals surface area contributed by atoms with Crippen molar-refractivity contribution in [2.75, 3.05) is 11.5 Å². The molecular weight excluding hydrogens is 292 g/mol. The molecule has 118 valence electrons. The molecule has 2 N–H and O–H groups in total. The van der Waals surface area contributed by atoms with E-state index in [1.807, 2.05) is 0 Å². The molecule has 0 bridgehead atoms. The lowest BCUT2D eigenvalue weighted by Crippen LogP contribution is -2.45. The van der Waals surface area contributed by atoms with E-state index in [0.29, 0.717) is 6.42 Å². The van der Waals surface area contributed by atoms with Gasteiger partial charge in [0.1, 0.15) is 11.6 Å². The zero-order valence-corrected chi connectivity index (χ0v) is 13.5. The molecule has 0 aromatic heterocycles. The summed E-state index contributed by atoms with van der Waals surface area (Å²) in [6, 6.07) is 1.19. The maximum atomic E-state index is 11.6. The average molecular weight is 314 g/mol. The molecule has 0 saturated heterocycles. The van der Waals surface area contributed by atoms with Gasteiger partial charge < -0.3 is 15.2 Å². The summed E-state index contributed by atoms with van der Waals surface area (Å²) in [7, 11) is 0. The molecule has 0 aliphatic heterocycles. The zero-order chi connectivity index (χ0) is 16.1. The van der Waals surface area contributed by atoms with Gasteiger partial charge in [-0.3, -0.25) is 0 Å². The third-order valence-corrected chi connectivity index (χ3v) is 4.48. The molecule has 0 heterocycles. The number of hydrogen-bond donors (Lipinski definition) is 2. The van der Waals surface area contributed by atoms with Crippen molar-refractivity contribution in [3.05, 3.63) is 0 Å². The Morgan fingerprint density at radius 3 is 2.52 bits per heavy atom. The first-order valence-corrected chi connectivity index (χ1v) is 8.00. The molecule has 1 aliphatic rings. The summed E-state index contributed by atoms with van der Waals surface area (Å²) in [4.78, 5) is 22.8. The highest BCUT2D eigenvalue weighted by Gasteiger charge is 2.42. The van der Waals surface area contributed by atoms with Crippen LogP contribution in [-0.4, -0.2) is 40.3 Å². The second kappa shape index (κ2) is 7.03. The van der Waals surface area contributed by atoms with E-state index >= 15 is 0 Å². The second-order valence-electron chi connectivity index (χ2n) is 6.39. The maximum Gasteiger partial charge on any atom is 0.408 e. The molecule has 6 nitrogen and oxygen atoms in total. The maximum absolute atomic E-state index is 11.6. The predicted octanol–water partition coefficient (Wildman–Crippen LogP) is 2.39. The molecule has 1 amide bonds. The number of carbonyl (C=O) groups excluding carboxylic acids is 1. The minimum Gasteiger partial charge on any atom is -0.480 e. The molecule has 1 rings (SSSR count). The van der Waals surface area contributed by atoms with E-state index in [-0.39, 0.29) is 11.2 Å². The Balaban J connectivity index is 2.39. The summed E-state index contributed by atoms with van der Waals surface area (Å²) >= 11 is 1.46. The second-order valence-corrected chi connectivity index (χ2v) is 7.42. The Morgan fingerprint density at radius 1 is 1.48 bits per heavy atom. The Kier molecular flexibility index (Phi) is 5.90. The monoisotopic (exact) mass is 314 g/mol. The number of thioether (sulfide) groups is 1. The van der Waals surface area contributed by atoms with Gasteiger partial charge in [0, 0.05) is 17.9 Å². The molecule has 21 heavy (non-hydrogen) atoms. The molecule has 1 saturated carbocycles. The molecule has 0 radical (unpaired) electrons. The van der Waals surface area contributed by atoms with Crippen molar-refractivity contribution < 1.29 is 19.4 Å². The molecule has 1 fully saturated rings. The van der Waals surface area contributed by atoms with Gasteiger partial charge in [-0.05, 0) is 39.0 Å². The van der Waals surface area contributed by atoms with Gasteiger partial charge in [-0.25, -0.2) is 9.59 Å². The van der Waals surface area contributed by atoms with E-state index in [4.69, 9.17) is 15.1 Å². The van der Waals surface area contributed by atoms with Gasteiger partial charge >= 0.3 is 12.1 Å². The lowest BCUT2D eigenvalue weighted by Gasteiger charge is -2.22. The van der Waals surface area contributed by atoms with Gasteiger partial charge in [0.05, 0.1) is 6.07 Å². The summed E-state index contributed by atoms with van der Waals surface area (Å²) in [6.45, 7) is 5.15. The smallest absolute Gasteiger partial charge is 0.408 e. The molecule has 1 unspecified atom stereocenters. The van der Waals surface area contributed by atoms with Crippen LogP contribution in [0.2, 0.25) is 0 Å². The highest BCUT2D eigenvalue weighted by atomic mass is 32.2. The number of carbonyl (C=O) groups is 2. The summed E-state index contributed by atoms with van der Waals surface area (Å²) in [5.74, 6) is -0.0688. The van der Waals surface area contributed by atoms with E-state index in [1.165, 1.54) is 11.8 Å². The standard InChI is InChI=1S/C14H22N2O4S/c1-13(2,3)20-12(19)16-10(11(17)18)8-21-9-14(4-5-14)6-7-15/h10H,4-6,8-9H2,1-3H3,(H,16,19)(H,17,18). The first-order chi connectivity index (χ1) is 9.67. The van der Waals surface area contributed by atoms with Crippen molar-refractivity contribution in [2.24, 2.45) is 5.41 Å². The van der Waals surface area contributed by atoms with Crippen LogP contribution in [0.15, 0.2) is 0 Å². The zero-order valence-electron chi connectivity index (χ0n) is 12.6. The van der Waals surface area contributed by atoms with Gasteiger partial charge in [-0.1, -0.05) is 0 Å². The number of ether oxygens (including phenoxy) is 1. The Bertz CT molecular complexity index is 435. The van der Waals surface area contributed by atoms with Gasteiger partial charge in [-0.15, -0.1) is 0 Å². The van der Waals surface area contributed by atoms with E-state index in [2.05, 4.69) is 11.4 Å². The minimum absolute atomic E-state index is 0.0639.